The molecule has 0 aliphatic rings. The van der Waals surface area contributed by atoms with Crippen molar-refractivity contribution in [1.82, 2.24) is 9.97 Å². The molecule has 0 fully saturated rings. The average molecular weight is 372 g/mol. The number of halogens is 1. The smallest absolute Gasteiger partial charge is 0.123 e. The van der Waals surface area contributed by atoms with Gasteiger partial charge in [0, 0.05) is 17.1 Å². The van der Waals surface area contributed by atoms with Gasteiger partial charge in [-0.05, 0) is 66.9 Å². The topological polar surface area (TPSA) is 35.0 Å². The van der Waals surface area contributed by atoms with E-state index in [4.69, 9.17) is 4.74 Å². The minimum Gasteiger partial charge on any atom is -0.494 e. The maximum Gasteiger partial charge on any atom is 0.123 e. The molecule has 3 nitrogen and oxygen atoms in total. The summed E-state index contributed by atoms with van der Waals surface area (Å²) < 4.78 is 19.1. The van der Waals surface area contributed by atoms with Crippen LogP contribution in [0, 0.1) is 5.82 Å². The molecule has 28 heavy (non-hydrogen) atoms. The zero-order chi connectivity index (χ0) is 19.5. The second kappa shape index (κ2) is 7.77. The predicted molar refractivity (Wildman–Crippen MR) is 111 cm³/mol. The van der Waals surface area contributed by atoms with E-state index in [2.05, 4.69) is 16.9 Å². The van der Waals surface area contributed by atoms with Gasteiger partial charge in [0.05, 0.1) is 23.5 Å². The van der Waals surface area contributed by atoms with Gasteiger partial charge in [-0.1, -0.05) is 25.1 Å². The lowest BCUT2D eigenvalue weighted by molar-refractivity contribution is 0.340. The van der Waals surface area contributed by atoms with E-state index in [9.17, 15) is 4.39 Å². The summed E-state index contributed by atoms with van der Waals surface area (Å²) in [6, 6.07) is 18.7. The maximum absolute atomic E-state index is 13.6. The van der Waals surface area contributed by atoms with Crippen LogP contribution in [-0.4, -0.2) is 16.6 Å². The van der Waals surface area contributed by atoms with Crippen LogP contribution in [0.15, 0.2) is 66.9 Å². The van der Waals surface area contributed by atoms with Crippen molar-refractivity contribution in [3.63, 3.8) is 0 Å². The normalized spacial score (nSPS) is 11.0. The van der Waals surface area contributed by atoms with Gasteiger partial charge >= 0.3 is 0 Å². The fourth-order valence-corrected chi connectivity index (χ4v) is 3.32. The van der Waals surface area contributed by atoms with Crippen molar-refractivity contribution < 1.29 is 9.13 Å². The summed E-state index contributed by atoms with van der Waals surface area (Å²) in [6.07, 6.45) is 2.66. The highest BCUT2D eigenvalue weighted by Crippen LogP contribution is 2.27. The molecule has 2 aromatic heterocycles. The van der Waals surface area contributed by atoms with E-state index in [0.717, 1.165) is 51.2 Å². The Hall–Kier alpha value is -3.27. The molecule has 0 saturated heterocycles. The molecule has 4 rings (SSSR count). The lowest BCUT2D eigenvalue weighted by atomic mass is 10.0. The summed E-state index contributed by atoms with van der Waals surface area (Å²) in [5.41, 5.74) is 5.57. The van der Waals surface area contributed by atoms with E-state index < -0.39 is 0 Å². The van der Waals surface area contributed by atoms with Crippen LogP contribution in [0.2, 0.25) is 0 Å². The molecule has 140 valence electrons. The van der Waals surface area contributed by atoms with Crippen molar-refractivity contribution in [2.45, 2.75) is 20.3 Å². The van der Waals surface area contributed by atoms with Crippen LogP contribution in [0.25, 0.3) is 33.4 Å². The minimum atomic E-state index is -0.241. The number of pyridine rings is 2. The van der Waals surface area contributed by atoms with Crippen LogP contribution in [0.1, 0.15) is 19.4 Å². The van der Waals surface area contributed by atoms with Crippen molar-refractivity contribution in [3.05, 3.63) is 78.2 Å². The lowest BCUT2D eigenvalue weighted by Gasteiger charge is -2.09. The van der Waals surface area contributed by atoms with Gasteiger partial charge in [-0.25, -0.2) is 9.37 Å². The highest BCUT2D eigenvalue weighted by atomic mass is 19.1. The third kappa shape index (κ3) is 3.58. The van der Waals surface area contributed by atoms with Crippen molar-refractivity contribution >= 4 is 10.9 Å². The summed E-state index contributed by atoms with van der Waals surface area (Å²) >= 11 is 0. The summed E-state index contributed by atoms with van der Waals surface area (Å²) in [4.78, 5) is 9.30. The number of aromatic nitrogens is 2. The first kappa shape index (κ1) is 18.1. The van der Waals surface area contributed by atoms with E-state index in [0.29, 0.717) is 6.61 Å². The van der Waals surface area contributed by atoms with Crippen LogP contribution >= 0.6 is 0 Å². The number of aryl methyl sites for hydroxylation is 1. The van der Waals surface area contributed by atoms with Crippen LogP contribution in [-0.2, 0) is 6.42 Å². The summed E-state index contributed by atoms with van der Waals surface area (Å²) in [7, 11) is 0. The zero-order valence-corrected chi connectivity index (χ0v) is 15.9. The third-order valence-corrected chi connectivity index (χ3v) is 4.76. The highest BCUT2D eigenvalue weighted by molar-refractivity contribution is 5.85. The zero-order valence-electron chi connectivity index (χ0n) is 15.9. The quantitative estimate of drug-likeness (QED) is 0.427. The molecular weight excluding hydrogens is 351 g/mol. The standard InChI is InChI=1S/C24H21FN2O/c1-3-16-13-24(27-22-12-8-19(25)14-21(16)22)23-11-7-18(15-26-23)17-5-9-20(10-6-17)28-4-2/h5-15H,3-4H2,1-2H3. The number of hydrogen-bond acceptors (Lipinski definition) is 3. The van der Waals surface area contributed by atoms with Gasteiger partial charge in [-0.2, -0.15) is 0 Å². The number of nitrogens with zero attached hydrogens (tertiary/aromatic N) is 2. The molecule has 0 saturated carbocycles. The maximum atomic E-state index is 13.6. The van der Waals surface area contributed by atoms with Crippen molar-refractivity contribution in [2.24, 2.45) is 0 Å². The monoisotopic (exact) mass is 372 g/mol. The summed E-state index contributed by atoms with van der Waals surface area (Å²) in [5.74, 6) is 0.620. The molecule has 0 aliphatic heterocycles. The van der Waals surface area contributed by atoms with Crippen molar-refractivity contribution in [1.29, 1.82) is 0 Å². The molecule has 0 N–H and O–H groups in total. The van der Waals surface area contributed by atoms with Gasteiger partial charge in [0.15, 0.2) is 0 Å². The lowest BCUT2D eigenvalue weighted by Crippen LogP contribution is -1.94. The van der Waals surface area contributed by atoms with E-state index in [1.807, 2.05) is 55.6 Å². The Morgan fingerprint density at radius 2 is 1.64 bits per heavy atom. The van der Waals surface area contributed by atoms with Crippen molar-refractivity contribution in [3.8, 4) is 28.3 Å². The predicted octanol–water partition coefficient (Wildman–Crippen LogP) is 6.06. The van der Waals surface area contributed by atoms with E-state index in [-0.39, 0.29) is 5.82 Å². The Kier molecular flexibility index (Phi) is 5.02. The molecular formula is C24H21FN2O. The van der Waals surface area contributed by atoms with Crippen LogP contribution in [0.4, 0.5) is 4.39 Å². The first-order valence-electron chi connectivity index (χ1n) is 9.46. The molecule has 0 unspecified atom stereocenters. The number of benzene rings is 2. The summed E-state index contributed by atoms with van der Waals surface area (Å²) in [5, 5.41) is 0.859. The Bertz CT molecular complexity index is 1110. The number of hydrogen-bond donors (Lipinski definition) is 0. The Morgan fingerprint density at radius 1 is 0.857 bits per heavy atom. The van der Waals surface area contributed by atoms with E-state index in [1.165, 1.54) is 6.07 Å². The number of ether oxygens (including phenoxy) is 1. The van der Waals surface area contributed by atoms with Gasteiger partial charge in [-0.3, -0.25) is 4.98 Å². The largest absolute Gasteiger partial charge is 0.494 e. The highest BCUT2D eigenvalue weighted by Gasteiger charge is 2.09. The molecule has 4 heteroatoms. The fourth-order valence-electron chi connectivity index (χ4n) is 3.32. The van der Waals surface area contributed by atoms with Gasteiger partial charge in [0.25, 0.3) is 0 Å². The minimum absolute atomic E-state index is 0.241. The third-order valence-electron chi connectivity index (χ3n) is 4.76. The molecule has 0 aliphatic carbocycles. The molecule has 0 amide bonds. The van der Waals surface area contributed by atoms with E-state index >= 15 is 0 Å². The molecule has 2 heterocycles. The molecule has 2 aromatic carbocycles. The van der Waals surface area contributed by atoms with E-state index in [1.54, 1.807) is 12.1 Å². The van der Waals surface area contributed by atoms with Crippen LogP contribution in [0.3, 0.4) is 0 Å². The second-order valence-corrected chi connectivity index (χ2v) is 6.57. The first-order chi connectivity index (χ1) is 13.7. The Labute approximate surface area is 163 Å². The molecule has 0 spiro atoms. The van der Waals surface area contributed by atoms with Gasteiger partial charge < -0.3 is 4.74 Å². The van der Waals surface area contributed by atoms with Crippen molar-refractivity contribution in [2.75, 3.05) is 6.61 Å². The van der Waals surface area contributed by atoms with Crippen LogP contribution < -0.4 is 4.74 Å². The first-order valence-corrected chi connectivity index (χ1v) is 9.46. The van der Waals surface area contributed by atoms with Gasteiger partial charge in [0.1, 0.15) is 11.6 Å². The van der Waals surface area contributed by atoms with Crippen LogP contribution in [0.5, 0.6) is 5.75 Å². The number of rotatable bonds is 5. The van der Waals surface area contributed by atoms with Gasteiger partial charge in [-0.15, -0.1) is 0 Å². The number of fused-ring (bicyclic) bond motifs is 1. The Balaban J connectivity index is 1.67. The average Bonchev–Trinajstić information content (AvgIpc) is 2.74. The summed E-state index contributed by atoms with van der Waals surface area (Å²) in [6.45, 7) is 4.68. The van der Waals surface area contributed by atoms with Gasteiger partial charge in [0.2, 0.25) is 0 Å². The molecule has 0 bridgehead atoms. The SMILES string of the molecule is CCOc1ccc(-c2ccc(-c3cc(CC)c4cc(F)ccc4n3)nc2)cc1. The molecule has 0 radical (unpaired) electrons. The molecule has 4 aromatic rings. The second-order valence-electron chi connectivity index (χ2n) is 6.57. The Morgan fingerprint density at radius 3 is 2.32 bits per heavy atom. The fraction of sp³-hybridized carbons (Fsp3) is 0.167. The molecule has 0 atom stereocenters.